The van der Waals surface area contributed by atoms with Gasteiger partial charge in [-0.25, -0.2) is 4.31 Å². The monoisotopic (exact) mass is 518 g/mol. The van der Waals surface area contributed by atoms with Crippen LogP contribution in [0.1, 0.15) is 0 Å². The van der Waals surface area contributed by atoms with Gasteiger partial charge in [-0.3, -0.25) is 0 Å². The SMILES string of the molecule is OCC(CO)(CO)CO.OP(O)(O)(c1ccccc1)c1ccccc1.OP(O)OP(O)O. The minimum Gasteiger partial charge on any atom is -0.328 e. The third-order valence-corrected chi connectivity index (χ3v) is 7.62. The summed E-state index contributed by atoms with van der Waals surface area (Å²) >= 11 is 0. The Morgan fingerprint density at radius 2 is 0.875 bits per heavy atom. The average molecular weight is 518 g/mol. The summed E-state index contributed by atoms with van der Waals surface area (Å²) in [4.78, 5) is 61.8. The van der Waals surface area contributed by atoms with Crippen LogP contribution in [0.2, 0.25) is 0 Å². The molecular formula is C17H29O12P3. The molecule has 0 aromatic heterocycles. The van der Waals surface area contributed by atoms with Gasteiger partial charge in [-0.05, 0) is 0 Å². The Balaban J connectivity index is 0.000000512. The Labute approximate surface area is 187 Å². The maximum absolute atomic E-state index is 10.2. The van der Waals surface area contributed by atoms with Crippen molar-refractivity contribution in [3.8, 4) is 0 Å². The molecule has 0 aliphatic rings. The van der Waals surface area contributed by atoms with Crippen LogP contribution in [0.4, 0.5) is 0 Å². The van der Waals surface area contributed by atoms with Crippen LogP contribution in [-0.4, -0.2) is 81.1 Å². The summed E-state index contributed by atoms with van der Waals surface area (Å²) in [6.07, 6.45) is 0. The van der Waals surface area contributed by atoms with Gasteiger partial charge in [0.25, 0.3) is 0 Å². The van der Waals surface area contributed by atoms with Gasteiger partial charge in [-0.15, -0.1) is 0 Å². The molecule has 32 heavy (non-hydrogen) atoms. The summed E-state index contributed by atoms with van der Waals surface area (Å²) in [5, 5.41) is 34.3. The second kappa shape index (κ2) is 14.5. The van der Waals surface area contributed by atoms with Crippen LogP contribution in [0.5, 0.6) is 0 Å². The van der Waals surface area contributed by atoms with Crippen molar-refractivity contribution in [2.45, 2.75) is 0 Å². The van der Waals surface area contributed by atoms with E-state index in [0.29, 0.717) is 0 Å². The molecule has 2 aromatic carbocycles. The molecule has 0 heterocycles. The van der Waals surface area contributed by atoms with Crippen molar-refractivity contribution in [2.24, 2.45) is 5.41 Å². The van der Waals surface area contributed by atoms with E-state index in [2.05, 4.69) is 4.31 Å². The van der Waals surface area contributed by atoms with Gasteiger partial charge in [0, 0.05) is 0 Å². The molecule has 0 aliphatic carbocycles. The summed E-state index contributed by atoms with van der Waals surface area (Å²) < 4.78 is 3.60. The van der Waals surface area contributed by atoms with Crippen molar-refractivity contribution >= 4 is 35.1 Å². The summed E-state index contributed by atoms with van der Waals surface area (Å²) in [6, 6.07) is 16.1. The Morgan fingerprint density at radius 1 is 0.594 bits per heavy atom. The van der Waals surface area contributed by atoms with Crippen LogP contribution >= 0.6 is 24.5 Å². The summed E-state index contributed by atoms with van der Waals surface area (Å²) in [5.41, 5.74) is -1.11. The molecule has 184 valence electrons. The predicted octanol–water partition coefficient (Wildman–Crippen LogP) is -1.72. The van der Waals surface area contributed by atoms with Gasteiger partial charge in [-0.1, -0.05) is 0 Å². The molecule has 12 nitrogen and oxygen atoms in total. The van der Waals surface area contributed by atoms with Crippen molar-refractivity contribution in [3.05, 3.63) is 60.7 Å². The van der Waals surface area contributed by atoms with E-state index in [0.717, 1.165) is 0 Å². The maximum atomic E-state index is 10.2. The molecule has 0 saturated heterocycles. The van der Waals surface area contributed by atoms with Crippen LogP contribution in [0.3, 0.4) is 0 Å². The fraction of sp³-hybridized carbons (Fsp3) is 0.294. The second-order valence-electron chi connectivity index (χ2n) is 6.37. The van der Waals surface area contributed by atoms with E-state index in [-0.39, 0.29) is 10.6 Å². The van der Waals surface area contributed by atoms with Crippen molar-refractivity contribution < 1.29 is 59.0 Å². The first-order chi connectivity index (χ1) is 14.9. The standard InChI is InChI=1S/C12H13O3P.C5H12O4.H4O5P2/c13-16(14,15,11-7-3-1-4-8-11)12-9-5-2-6-10-12;6-1-5(2-7,3-8)4-9;1-6(2)5-7(3)4/h1-10,13-15H;6-9H,1-4H2;1-4H. The first-order valence-electron chi connectivity index (χ1n) is 8.71. The molecular weight excluding hydrogens is 489 g/mol. The average Bonchev–Trinajstić information content (AvgIpc) is 2.77. The van der Waals surface area contributed by atoms with E-state index >= 15 is 0 Å². The molecule has 2 rings (SSSR count). The van der Waals surface area contributed by atoms with E-state index in [4.69, 9.17) is 40.0 Å². The van der Waals surface area contributed by atoms with E-state index in [1.54, 1.807) is 36.4 Å². The molecule has 0 bridgehead atoms. The normalized spacial score (nSPS) is 12.8. The zero-order chi connectivity index (χ0) is 24.9. The third kappa shape index (κ3) is 10.5. The fourth-order valence-electron chi connectivity index (χ4n) is 1.92. The zero-order valence-corrected chi connectivity index (χ0v) is 19.5. The van der Waals surface area contributed by atoms with Gasteiger partial charge < -0.3 is 40.0 Å². The van der Waals surface area contributed by atoms with Crippen LogP contribution < -0.4 is 10.6 Å². The number of hydrogen-bond acceptors (Lipinski definition) is 12. The number of benzene rings is 2. The van der Waals surface area contributed by atoms with E-state index in [1.807, 2.05) is 0 Å². The molecule has 15 heteroatoms. The first kappa shape index (κ1) is 31.2. The zero-order valence-electron chi connectivity index (χ0n) is 16.8. The Bertz CT molecular complexity index is 670. The second-order valence-corrected chi connectivity index (χ2v) is 11.0. The Morgan fingerprint density at radius 3 is 1.03 bits per heavy atom. The molecule has 0 saturated carbocycles. The number of aliphatic hydroxyl groups excluding tert-OH is 4. The molecule has 2 aromatic rings. The molecule has 11 N–H and O–H groups in total. The van der Waals surface area contributed by atoms with Crippen LogP contribution in [0, 0.1) is 5.41 Å². The largest absolute Gasteiger partial charge is 0.334 e. The van der Waals surface area contributed by atoms with Crippen LogP contribution in [-0.2, 0) is 4.31 Å². The summed E-state index contributed by atoms with van der Waals surface area (Å²) in [6.45, 7) is -1.62. The van der Waals surface area contributed by atoms with Crippen molar-refractivity contribution in [1.82, 2.24) is 0 Å². The topological polar surface area (TPSA) is 232 Å². The summed E-state index contributed by atoms with van der Waals surface area (Å²) in [5.74, 6) is 0. The molecule has 0 atom stereocenters. The summed E-state index contributed by atoms with van der Waals surface area (Å²) in [7, 11) is -10.2. The van der Waals surface area contributed by atoms with Crippen LogP contribution in [0.15, 0.2) is 60.7 Å². The van der Waals surface area contributed by atoms with E-state index in [9.17, 15) is 14.7 Å². The van der Waals surface area contributed by atoms with Crippen LogP contribution in [0.25, 0.3) is 0 Å². The molecule has 0 aliphatic heterocycles. The minimum absolute atomic E-state index is 0.139. The Kier molecular flexibility index (Phi) is 14.2. The first-order valence-corrected chi connectivity index (χ1v) is 13.1. The van der Waals surface area contributed by atoms with Gasteiger partial charge in [-0.2, -0.15) is 0 Å². The minimum atomic E-state index is -4.93. The molecule has 0 spiro atoms. The van der Waals surface area contributed by atoms with E-state index < -0.39 is 56.3 Å². The maximum Gasteiger partial charge on any atom is 0.334 e. The predicted molar refractivity (Wildman–Crippen MR) is 120 cm³/mol. The molecule has 0 amide bonds. The number of rotatable bonds is 8. The van der Waals surface area contributed by atoms with Crippen molar-refractivity contribution in [3.63, 3.8) is 0 Å². The number of hydrogen-bond donors (Lipinski definition) is 11. The van der Waals surface area contributed by atoms with Crippen molar-refractivity contribution in [2.75, 3.05) is 26.4 Å². The quantitative estimate of drug-likeness (QED) is 0.175. The van der Waals surface area contributed by atoms with Gasteiger partial charge in [0.2, 0.25) is 0 Å². The van der Waals surface area contributed by atoms with Gasteiger partial charge in [0.15, 0.2) is 0 Å². The van der Waals surface area contributed by atoms with Gasteiger partial charge in [0.05, 0.1) is 31.8 Å². The van der Waals surface area contributed by atoms with Gasteiger partial charge >= 0.3 is 110 Å². The van der Waals surface area contributed by atoms with Gasteiger partial charge in [0.1, 0.15) is 0 Å². The smallest absolute Gasteiger partial charge is 0.328 e. The Hall–Kier alpha value is -0.750. The molecule has 0 radical (unpaired) electrons. The number of aliphatic hydroxyl groups is 4. The molecule has 0 fully saturated rings. The molecule has 0 unspecified atom stereocenters. The fourth-order valence-corrected chi connectivity index (χ4v) is 4.18. The van der Waals surface area contributed by atoms with Crippen molar-refractivity contribution in [1.29, 1.82) is 0 Å². The van der Waals surface area contributed by atoms with E-state index in [1.165, 1.54) is 24.3 Å². The third-order valence-electron chi connectivity index (χ3n) is 3.95.